The zero-order valence-corrected chi connectivity index (χ0v) is 8.15. The molecule has 0 bridgehead atoms. The van der Waals surface area contributed by atoms with Gasteiger partial charge in [0.05, 0.1) is 17.4 Å². The Morgan fingerprint density at radius 1 is 1.38 bits per heavy atom. The number of nitrogens with zero attached hydrogens (tertiary/aromatic N) is 3. The molecule has 2 heterocycles. The zero-order valence-electron chi connectivity index (χ0n) is 8.15. The van der Waals surface area contributed by atoms with Crippen molar-refractivity contribution in [1.29, 1.82) is 0 Å². The van der Waals surface area contributed by atoms with Gasteiger partial charge < -0.3 is 4.40 Å². The number of aromatic nitrogens is 3. The molecular formula is C10H13N3. The Hall–Kier alpha value is -1.38. The van der Waals surface area contributed by atoms with Gasteiger partial charge in [-0.1, -0.05) is 13.8 Å². The van der Waals surface area contributed by atoms with Crippen LogP contribution in [0.3, 0.4) is 0 Å². The van der Waals surface area contributed by atoms with Gasteiger partial charge in [0.25, 0.3) is 0 Å². The Morgan fingerprint density at radius 2 is 2.15 bits per heavy atom. The summed E-state index contributed by atoms with van der Waals surface area (Å²) < 4.78 is 2.07. The van der Waals surface area contributed by atoms with Gasteiger partial charge in [0, 0.05) is 12.4 Å². The first-order chi connectivity index (χ1) is 6.20. The number of hydrogen-bond acceptors (Lipinski definition) is 2. The highest BCUT2D eigenvalue weighted by Crippen LogP contribution is 2.19. The Morgan fingerprint density at radius 3 is 2.85 bits per heavy atom. The van der Waals surface area contributed by atoms with Gasteiger partial charge in [-0.05, 0) is 12.8 Å². The fourth-order valence-electron chi connectivity index (χ4n) is 1.54. The van der Waals surface area contributed by atoms with Crippen molar-refractivity contribution in [2.24, 2.45) is 0 Å². The first-order valence-electron chi connectivity index (χ1n) is 4.48. The average molecular weight is 175 g/mol. The first kappa shape index (κ1) is 8.23. The third-order valence-electron chi connectivity index (χ3n) is 2.20. The second-order valence-corrected chi connectivity index (χ2v) is 3.53. The summed E-state index contributed by atoms with van der Waals surface area (Å²) in [6, 6.07) is 0. The molecule has 68 valence electrons. The highest BCUT2D eigenvalue weighted by atomic mass is 15.0. The Kier molecular flexibility index (Phi) is 1.79. The molecule has 0 spiro atoms. The van der Waals surface area contributed by atoms with E-state index in [1.165, 1.54) is 0 Å². The van der Waals surface area contributed by atoms with Crippen molar-refractivity contribution in [3.63, 3.8) is 0 Å². The lowest BCUT2D eigenvalue weighted by Crippen LogP contribution is -1.89. The third kappa shape index (κ3) is 1.20. The van der Waals surface area contributed by atoms with Crippen molar-refractivity contribution in [2.75, 3.05) is 0 Å². The first-order valence-corrected chi connectivity index (χ1v) is 4.48. The maximum absolute atomic E-state index is 4.51. The molecule has 0 amide bonds. The predicted octanol–water partition coefficient (Wildman–Crippen LogP) is 2.16. The lowest BCUT2D eigenvalue weighted by atomic mass is 10.1. The summed E-state index contributed by atoms with van der Waals surface area (Å²) in [6.07, 6.45) is 5.60. The van der Waals surface area contributed by atoms with E-state index in [2.05, 4.69) is 28.2 Å². The van der Waals surface area contributed by atoms with Crippen LogP contribution in [-0.4, -0.2) is 14.4 Å². The smallest absolute Gasteiger partial charge is 0.110 e. The van der Waals surface area contributed by atoms with Crippen LogP contribution in [0, 0.1) is 6.92 Å². The van der Waals surface area contributed by atoms with E-state index in [9.17, 15) is 0 Å². The quantitative estimate of drug-likeness (QED) is 0.664. The Bertz CT molecular complexity index is 429. The normalized spacial score (nSPS) is 11.4. The molecule has 0 aliphatic heterocycles. The molecule has 0 radical (unpaired) electrons. The summed E-state index contributed by atoms with van der Waals surface area (Å²) in [5.74, 6) is 1.48. The fourth-order valence-corrected chi connectivity index (χ4v) is 1.54. The van der Waals surface area contributed by atoms with Crippen molar-refractivity contribution in [1.82, 2.24) is 14.4 Å². The van der Waals surface area contributed by atoms with E-state index in [0.717, 1.165) is 17.0 Å². The van der Waals surface area contributed by atoms with E-state index >= 15 is 0 Å². The molecule has 2 rings (SSSR count). The van der Waals surface area contributed by atoms with Crippen LogP contribution in [0.4, 0.5) is 0 Å². The van der Waals surface area contributed by atoms with Crippen LogP contribution in [0.25, 0.3) is 5.52 Å². The molecule has 13 heavy (non-hydrogen) atoms. The van der Waals surface area contributed by atoms with Gasteiger partial charge in [0.2, 0.25) is 0 Å². The predicted molar refractivity (Wildman–Crippen MR) is 51.8 cm³/mol. The van der Waals surface area contributed by atoms with Crippen LogP contribution in [0.15, 0.2) is 18.6 Å². The summed E-state index contributed by atoms with van der Waals surface area (Å²) in [7, 11) is 0. The molecule has 0 aromatic carbocycles. The van der Waals surface area contributed by atoms with Crippen LogP contribution in [0.1, 0.15) is 31.3 Å². The second kappa shape index (κ2) is 2.83. The second-order valence-electron chi connectivity index (χ2n) is 3.53. The Labute approximate surface area is 77.4 Å². The van der Waals surface area contributed by atoms with Crippen molar-refractivity contribution < 1.29 is 0 Å². The lowest BCUT2D eigenvalue weighted by Gasteiger charge is -1.99. The van der Waals surface area contributed by atoms with Crippen LogP contribution in [-0.2, 0) is 0 Å². The van der Waals surface area contributed by atoms with E-state index in [0.29, 0.717) is 5.92 Å². The van der Waals surface area contributed by atoms with Crippen molar-refractivity contribution in [2.45, 2.75) is 26.7 Å². The maximum atomic E-state index is 4.51. The number of imidazole rings is 1. The van der Waals surface area contributed by atoms with Gasteiger partial charge in [0.1, 0.15) is 5.82 Å². The van der Waals surface area contributed by atoms with Crippen molar-refractivity contribution in [3.8, 4) is 0 Å². The lowest BCUT2D eigenvalue weighted by molar-refractivity contribution is 0.835. The van der Waals surface area contributed by atoms with Gasteiger partial charge >= 0.3 is 0 Å². The minimum absolute atomic E-state index is 0.452. The van der Waals surface area contributed by atoms with Gasteiger partial charge in [-0.25, -0.2) is 4.98 Å². The number of rotatable bonds is 1. The zero-order chi connectivity index (χ0) is 9.42. The standard InChI is InChI=1S/C10H13N3/c1-7(2)10-9-6-11-4-5-13(9)8(3)12-10/h4-7H,1-3H3. The number of fused-ring (bicyclic) bond motifs is 1. The van der Waals surface area contributed by atoms with Crippen LogP contribution in [0.2, 0.25) is 0 Å². The number of hydrogen-bond donors (Lipinski definition) is 0. The highest BCUT2D eigenvalue weighted by molar-refractivity contribution is 5.52. The molecule has 3 nitrogen and oxygen atoms in total. The van der Waals surface area contributed by atoms with E-state index in [-0.39, 0.29) is 0 Å². The minimum Gasteiger partial charge on any atom is -0.301 e. The SMILES string of the molecule is Cc1nc(C(C)C)c2cnccn12. The monoisotopic (exact) mass is 175 g/mol. The van der Waals surface area contributed by atoms with E-state index in [4.69, 9.17) is 0 Å². The Balaban J connectivity index is 2.78. The molecule has 0 aliphatic rings. The molecule has 0 atom stereocenters. The highest BCUT2D eigenvalue weighted by Gasteiger charge is 2.10. The molecule has 0 unspecified atom stereocenters. The minimum atomic E-state index is 0.452. The summed E-state index contributed by atoms with van der Waals surface area (Å²) in [6.45, 7) is 6.31. The summed E-state index contributed by atoms with van der Waals surface area (Å²) >= 11 is 0. The van der Waals surface area contributed by atoms with Gasteiger partial charge in [0.15, 0.2) is 0 Å². The molecule has 0 aliphatic carbocycles. The van der Waals surface area contributed by atoms with Gasteiger partial charge in [-0.3, -0.25) is 4.98 Å². The van der Waals surface area contributed by atoms with Crippen LogP contribution >= 0.6 is 0 Å². The molecule has 2 aromatic rings. The molecule has 3 heteroatoms. The van der Waals surface area contributed by atoms with E-state index < -0.39 is 0 Å². The largest absolute Gasteiger partial charge is 0.301 e. The molecule has 0 saturated carbocycles. The van der Waals surface area contributed by atoms with Crippen molar-refractivity contribution in [3.05, 3.63) is 30.1 Å². The average Bonchev–Trinajstić information content (AvgIpc) is 2.45. The van der Waals surface area contributed by atoms with Crippen LogP contribution in [0.5, 0.6) is 0 Å². The summed E-state index contributed by atoms with van der Waals surface area (Å²) in [5.41, 5.74) is 2.25. The molecule has 0 fully saturated rings. The summed E-state index contributed by atoms with van der Waals surface area (Å²) in [4.78, 5) is 8.62. The molecular weight excluding hydrogens is 162 g/mol. The fraction of sp³-hybridized carbons (Fsp3) is 0.400. The van der Waals surface area contributed by atoms with Crippen LogP contribution < -0.4 is 0 Å². The van der Waals surface area contributed by atoms with E-state index in [1.807, 2.05) is 19.3 Å². The molecule has 0 N–H and O–H groups in total. The van der Waals surface area contributed by atoms with Gasteiger partial charge in [-0.2, -0.15) is 0 Å². The molecule has 0 saturated heterocycles. The molecule has 2 aromatic heterocycles. The number of aryl methyl sites for hydroxylation is 1. The summed E-state index contributed by atoms with van der Waals surface area (Å²) in [5, 5.41) is 0. The maximum Gasteiger partial charge on any atom is 0.110 e. The van der Waals surface area contributed by atoms with E-state index in [1.54, 1.807) is 6.20 Å². The van der Waals surface area contributed by atoms with Crippen molar-refractivity contribution >= 4 is 5.52 Å². The topological polar surface area (TPSA) is 30.2 Å². The van der Waals surface area contributed by atoms with Gasteiger partial charge in [-0.15, -0.1) is 0 Å². The third-order valence-corrected chi connectivity index (χ3v) is 2.20.